The highest BCUT2D eigenvalue weighted by molar-refractivity contribution is 6.00. The first-order valence-corrected chi connectivity index (χ1v) is 6.86. The third kappa shape index (κ3) is 2.47. The zero-order valence-electron chi connectivity index (χ0n) is 11.9. The number of nitrogens with one attached hydrogen (secondary N) is 1. The van der Waals surface area contributed by atoms with Gasteiger partial charge in [-0.25, -0.2) is 0 Å². The van der Waals surface area contributed by atoms with Gasteiger partial charge in [0.1, 0.15) is 6.54 Å². The fourth-order valence-corrected chi connectivity index (χ4v) is 2.99. The molecule has 1 amide bonds. The van der Waals surface area contributed by atoms with Crippen LogP contribution in [-0.4, -0.2) is 28.2 Å². The van der Waals surface area contributed by atoms with Gasteiger partial charge in [0.25, 0.3) is 5.91 Å². The third-order valence-corrected chi connectivity index (χ3v) is 3.78. The second-order valence-corrected chi connectivity index (χ2v) is 5.24. The first-order chi connectivity index (χ1) is 10.4. The molecule has 0 unspecified atom stereocenters. The van der Waals surface area contributed by atoms with Crippen molar-refractivity contribution >= 4 is 5.91 Å². The van der Waals surface area contributed by atoms with Crippen LogP contribution in [0.5, 0.6) is 0 Å². The van der Waals surface area contributed by atoms with Gasteiger partial charge in [-0.15, -0.1) is 0 Å². The van der Waals surface area contributed by atoms with Crippen molar-refractivity contribution in [2.24, 2.45) is 0 Å². The summed E-state index contributed by atoms with van der Waals surface area (Å²) in [4.78, 5) is 15.9. The molecular weight excluding hydrogens is 295 g/mol. The lowest BCUT2D eigenvalue weighted by molar-refractivity contribution is -0.140. The van der Waals surface area contributed by atoms with Crippen LogP contribution in [0.2, 0.25) is 0 Å². The monoisotopic (exact) mass is 309 g/mol. The zero-order chi connectivity index (χ0) is 15.9. The number of halogens is 3. The van der Waals surface area contributed by atoms with Gasteiger partial charge in [-0.1, -0.05) is 0 Å². The molecule has 0 spiro atoms. The normalized spacial score (nSPS) is 14.6. The maximum atomic E-state index is 13.0. The third-order valence-electron chi connectivity index (χ3n) is 3.78. The van der Waals surface area contributed by atoms with E-state index >= 15 is 0 Å². The van der Waals surface area contributed by atoms with Crippen LogP contribution in [0.3, 0.4) is 0 Å². The SMILES string of the molecule is Cc1c2c(n(CC(F)(F)F)c1-c1ccncc1)CCNC2=O. The summed E-state index contributed by atoms with van der Waals surface area (Å²) in [6, 6.07) is 3.30. The van der Waals surface area contributed by atoms with Crippen molar-refractivity contribution in [2.75, 3.05) is 6.54 Å². The molecule has 1 aliphatic rings. The lowest BCUT2D eigenvalue weighted by Crippen LogP contribution is -2.33. The number of carbonyl (C=O) groups excluding carboxylic acids is 1. The van der Waals surface area contributed by atoms with Crippen LogP contribution in [-0.2, 0) is 13.0 Å². The van der Waals surface area contributed by atoms with E-state index < -0.39 is 12.7 Å². The number of rotatable bonds is 2. The molecule has 0 saturated heterocycles. The van der Waals surface area contributed by atoms with Crippen molar-refractivity contribution in [2.45, 2.75) is 26.1 Å². The first-order valence-electron chi connectivity index (χ1n) is 6.86. The van der Waals surface area contributed by atoms with Gasteiger partial charge >= 0.3 is 6.18 Å². The summed E-state index contributed by atoms with van der Waals surface area (Å²) < 4.78 is 40.2. The van der Waals surface area contributed by atoms with Crippen LogP contribution in [0, 0.1) is 6.92 Å². The van der Waals surface area contributed by atoms with Gasteiger partial charge in [0.15, 0.2) is 0 Å². The lowest BCUT2D eigenvalue weighted by atomic mass is 10.0. The van der Waals surface area contributed by atoms with Crippen LogP contribution in [0.4, 0.5) is 13.2 Å². The number of carbonyl (C=O) groups is 1. The highest BCUT2D eigenvalue weighted by Crippen LogP contribution is 2.35. The molecule has 1 aliphatic heterocycles. The molecule has 0 aromatic carbocycles. The predicted molar refractivity (Wildman–Crippen MR) is 74.5 cm³/mol. The summed E-state index contributed by atoms with van der Waals surface area (Å²) in [6.07, 6.45) is -0.907. The second kappa shape index (κ2) is 5.15. The molecule has 0 radical (unpaired) electrons. The molecule has 0 bridgehead atoms. The Morgan fingerprint density at radius 1 is 1.32 bits per heavy atom. The Labute approximate surface area is 125 Å². The summed E-state index contributed by atoms with van der Waals surface area (Å²) in [6.45, 7) is 0.934. The zero-order valence-corrected chi connectivity index (χ0v) is 11.9. The molecule has 3 heterocycles. The summed E-state index contributed by atoms with van der Waals surface area (Å²) in [5.74, 6) is -0.310. The minimum atomic E-state index is -4.35. The lowest BCUT2D eigenvalue weighted by Gasteiger charge is -2.18. The predicted octanol–water partition coefficient (Wildman–Crippen LogP) is 2.71. The second-order valence-electron chi connectivity index (χ2n) is 5.24. The molecule has 7 heteroatoms. The average molecular weight is 309 g/mol. The molecule has 116 valence electrons. The number of hydrogen-bond acceptors (Lipinski definition) is 2. The van der Waals surface area contributed by atoms with E-state index in [1.165, 1.54) is 17.0 Å². The Morgan fingerprint density at radius 3 is 2.64 bits per heavy atom. The quantitative estimate of drug-likeness (QED) is 0.927. The van der Waals surface area contributed by atoms with Gasteiger partial charge in [-0.2, -0.15) is 13.2 Å². The molecule has 3 rings (SSSR count). The summed E-state index contributed by atoms with van der Waals surface area (Å²) in [7, 11) is 0. The summed E-state index contributed by atoms with van der Waals surface area (Å²) in [5.41, 5.74) is 2.44. The fraction of sp³-hybridized carbons (Fsp3) is 0.333. The number of aromatic nitrogens is 2. The van der Waals surface area contributed by atoms with Crippen LogP contribution >= 0.6 is 0 Å². The molecule has 22 heavy (non-hydrogen) atoms. The molecule has 0 atom stereocenters. The van der Waals surface area contributed by atoms with Crippen LogP contribution in [0.15, 0.2) is 24.5 Å². The molecule has 0 saturated carbocycles. The van der Waals surface area contributed by atoms with Crippen molar-refractivity contribution in [1.29, 1.82) is 0 Å². The molecule has 0 aliphatic carbocycles. The minimum Gasteiger partial charge on any atom is -0.352 e. The maximum Gasteiger partial charge on any atom is 0.406 e. The number of pyridine rings is 1. The largest absolute Gasteiger partial charge is 0.406 e. The van der Waals surface area contributed by atoms with E-state index in [1.54, 1.807) is 19.1 Å². The minimum absolute atomic E-state index is 0.310. The van der Waals surface area contributed by atoms with Crippen molar-refractivity contribution in [3.63, 3.8) is 0 Å². The number of fused-ring (bicyclic) bond motifs is 1. The van der Waals surface area contributed by atoms with E-state index in [-0.39, 0.29) is 5.91 Å². The number of hydrogen-bond donors (Lipinski definition) is 1. The molecule has 2 aromatic heterocycles. The van der Waals surface area contributed by atoms with E-state index in [0.717, 1.165) is 0 Å². The van der Waals surface area contributed by atoms with Crippen molar-refractivity contribution < 1.29 is 18.0 Å². The van der Waals surface area contributed by atoms with Gasteiger partial charge in [0, 0.05) is 36.6 Å². The van der Waals surface area contributed by atoms with E-state index in [4.69, 9.17) is 0 Å². The van der Waals surface area contributed by atoms with E-state index in [0.29, 0.717) is 41.0 Å². The van der Waals surface area contributed by atoms with Crippen molar-refractivity contribution in [3.05, 3.63) is 41.3 Å². The van der Waals surface area contributed by atoms with Crippen LogP contribution in [0.25, 0.3) is 11.3 Å². The van der Waals surface area contributed by atoms with Crippen LogP contribution in [0.1, 0.15) is 21.6 Å². The highest BCUT2D eigenvalue weighted by Gasteiger charge is 2.34. The summed E-state index contributed by atoms with van der Waals surface area (Å²) in [5, 5.41) is 2.69. The number of amides is 1. The molecule has 4 nitrogen and oxygen atoms in total. The van der Waals surface area contributed by atoms with Gasteiger partial charge in [-0.05, 0) is 24.6 Å². The smallest absolute Gasteiger partial charge is 0.352 e. The van der Waals surface area contributed by atoms with Crippen molar-refractivity contribution in [3.8, 4) is 11.3 Å². The Bertz CT molecular complexity index is 720. The standard InChI is InChI=1S/C15H14F3N3O/c1-9-12-11(4-7-20-14(12)22)21(8-15(16,17)18)13(9)10-2-5-19-6-3-10/h2-3,5-6H,4,7-8H2,1H3,(H,20,22). The molecule has 2 aromatic rings. The highest BCUT2D eigenvalue weighted by atomic mass is 19.4. The molecule has 1 N–H and O–H groups in total. The van der Waals surface area contributed by atoms with Crippen molar-refractivity contribution in [1.82, 2.24) is 14.9 Å². The first kappa shape index (κ1) is 14.6. The van der Waals surface area contributed by atoms with Crippen LogP contribution < -0.4 is 5.32 Å². The van der Waals surface area contributed by atoms with Gasteiger partial charge in [0.2, 0.25) is 0 Å². The molecular formula is C15H14F3N3O. The number of nitrogens with zero attached hydrogens (tertiary/aromatic N) is 2. The van der Waals surface area contributed by atoms with E-state index in [2.05, 4.69) is 10.3 Å². The number of alkyl halides is 3. The van der Waals surface area contributed by atoms with Gasteiger partial charge in [0.05, 0.1) is 11.3 Å². The van der Waals surface area contributed by atoms with E-state index in [9.17, 15) is 18.0 Å². The Morgan fingerprint density at radius 2 is 2.00 bits per heavy atom. The average Bonchev–Trinajstić information content (AvgIpc) is 2.72. The molecule has 0 fully saturated rings. The van der Waals surface area contributed by atoms with E-state index in [1.807, 2.05) is 0 Å². The summed E-state index contributed by atoms with van der Waals surface area (Å²) >= 11 is 0. The Hall–Kier alpha value is -2.31. The Kier molecular flexibility index (Phi) is 3.42. The maximum absolute atomic E-state index is 13.0. The van der Waals surface area contributed by atoms with Gasteiger partial charge in [-0.3, -0.25) is 9.78 Å². The fourth-order valence-electron chi connectivity index (χ4n) is 2.99. The van der Waals surface area contributed by atoms with Gasteiger partial charge < -0.3 is 9.88 Å². The topological polar surface area (TPSA) is 46.9 Å². The Balaban J connectivity index is 2.26.